The predicted octanol–water partition coefficient (Wildman–Crippen LogP) is 2.58. The molecule has 0 fully saturated rings. The summed E-state index contributed by atoms with van der Waals surface area (Å²) in [5.74, 6) is 0.221. The van der Waals surface area contributed by atoms with Gasteiger partial charge in [0.2, 0.25) is 0 Å². The average Bonchev–Trinajstić information content (AvgIpc) is 2.53. The molecule has 22 heavy (non-hydrogen) atoms. The number of hydrogen-bond donors (Lipinski definition) is 2. The lowest BCUT2D eigenvalue weighted by Gasteiger charge is -2.30. The smallest absolute Gasteiger partial charge is 0.262 e. The Morgan fingerprint density at radius 3 is 2.82 bits per heavy atom. The van der Waals surface area contributed by atoms with Gasteiger partial charge < -0.3 is 20.5 Å². The van der Waals surface area contributed by atoms with Crippen molar-refractivity contribution in [2.45, 2.75) is 12.8 Å². The van der Waals surface area contributed by atoms with Gasteiger partial charge in [-0.15, -0.1) is 0 Å². The molecule has 1 aliphatic heterocycles. The summed E-state index contributed by atoms with van der Waals surface area (Å²) >= 11 is 0. The first kappa shape index (κ1) is 14.3. The number of nitrogens with zero attached hydrogens (tertiary/aromatic N) is 1. The average molecular weight is 298 g/mol. The normalized spacial score (nSPS) is 13.6. The molecule has 2 aromatic rings. The zero-order chi connectivity index (χ0) is 15.7. The summed E-state index contributed by atoms with van der Waals surface area (Å²) in [6.45, 7) is 0.626. The zero-order valence-electron chi connectivity index (χ0n) is 12.4. The van der Waals surface area contributed by atoms with Crippen LogP contribution < -0.4 is 15.4 Å². The third-order valence-corrected chi connectivity index (χ3v) is 3.90. The molecule has 3 rings (SSSR count). The molecule has 0 unspecified atom stereocenters. The summed E-state index contributed by atoms with van der Waals surface area (Å²) < 4.78 is 5.05. The fourth-order valence-electron chi connectivity index (χ4n) is 2.79. The topological polar surface area (TPSA) is 75.8 Å². The lowest BCUT2D eigenvalue weighted by molar-refractivity contribution is 0.0982. The number of benzene rings is 2. The van der Waals surface area contributed by atoms with Crippen LogP contribution in [0.15, 0.2) is 36.4 Å². The molecule has 0 saturated carbocycles. The number of ether oxygens (including phenoxy) is 1. The van der Waals surface area contributed by atoms with Crippen molar-refractivity contribution in [3.05, 3.63) is 47.5 Å². The minimum Gasteiger partial charge on any atom is -0.507 e. The molecule has 2 aromatic carbocycles. The number of carbonyl (C=O) groups is 1. The van der Waals surface area contributed by atoms with Crippen LogP contribution in [-0.2, 0) is 6.42 Å². The quantitative estimate of drug-likeness (QED) is 0.836. The largest absolute Gasteiger partial charge is 0.507 e. The first-order valence-electron chi connectivity index (χ1n) is 7.17. The zero-order valence-corrected chi connectivity index (χ0v) is 12.4. The van der Waals surface area contributed by atoms with Crippen molar-refractivity contribution in [3.63, 3.8) is 0 Å². The number of rotatable bonds is 2. The highest BCUT2D eigenvalue weighted by Gasteiger charge is 2.25. The van der Waals surface area contributed by atoms with Gasteiger partial charge in [-0.2, -0.15) is 0 Å². The van der Waals surface area contributed by atoms with Crippen LogP contribution in [0.4, 0.5) is 11.4 Å². The van der Waals surface area contributed by atoms with E-state index in [-0.39, 0.29) is 17.2 Å². The Hall–Kier alpha value is -2.69. The van der Waals surface area contributed by atoms with E-state index in [9.17, 15) is 9.90 Å². The van der Waals surface area contributed by atoms with Crippen LogP contribution in [0, 0.1) is 0 Å². The monoisotopic (exact) mass is 298 g/mol. The van der Waals surface area contributed by atoms with E-state index in [0.717, 1.165) is 24.1 Å². The highest BCUT2D eigenvalue weighted by molar-refractivity contribution is 6.08. The standard InChI is InChI=1S/C17H18N2O3/c1-22-13-5-6-14(16(20)10-13)17(21)19-8-2-3-11-9-12(18)4-7-15(11)19/h4-7,9-10,20H,2-3,8,18H2,1H3. The Labute approximate surface area is 128 Å². The summed E-state index contributed by atoms with van der Waals surface area (Å²) in [6.07, 6.45) is 1.78. The first-order chi connectivity index (χ1) is 10.6. The number of hydrogen-bond acceptors (Lipinski definition) is 4. The van der Waals surface area contributed by atoms with Gasteiger partial charge in [0, 0.05) is 24.0 Å². The van der Waals surface area contributed by atoms with Crippen LogP contribution in [0.2, 0.25) is 0 Å². The van der Waals surface area contributed by atoms with Crippen molar-refractivity contribution in [1.82, 2.24) is 0 Å². The number of nitrogen functional groups attached to an aromatic ring is 1. The van der Waals surface area contributed by atoms with Gasteiger partial charge in [0.15, 0.2) is 0 Å². The van der Waals surface area contributed by atoms with Crippen LogP contribution in [0.1, 0.15) is 22.3 Å². The van der Waals surface area contributed by atoms with Gasteiger partial charge in [-0.05, 0) is 48.7 Å². The number of aromatic hydroxyl groups is 1. The molecule has 0 atom stereocenters. The van der Waals surface area contributed by atoms with E-state index >= 15 is 0 Å². The summed E-state index contributed by atoms with van der Waals surface area (Å²) in [5, 5.41) is 10.1. The van der Waals surface area contributed by atoms with Crippen LogP contribution in [0.3, 0.4) is 0 Å². The lowest BCUT2D eigenvalue weighted by atomic mass is 10.00. The van der Waals surface area contributed by atoms with Gasteiger partial charge in [0.1, 0.15) is 11.5 Å². The molecule has 3 N–H and O–H groups in total. The highest BCUT2D eigenvalue weighted by Crippen LogP contribution is 2.32. The van der Waals surface area contributed by atoms with Gasteiger partial charge in [0.05, 0.1) is 12.7 Å². The molecule has 0 radical (unpaired) electrons. The molecule has 0 aromatic heterocycles. The summed E-state index contributed by atoms with van der Waals surface area (Å²) in [6, 6.07) is 10.3. The molecule has 5 nitrogen and oxygen atoms in total. The number of fused-ring (bicyclic) bond motifs is 1. The molecule has 1 heterocycles. The van der Waals surface area contributed by atoms with Crippen molar-refractivity contribution in [3.8, 4) is 11.5 Å². The number of phenols is 1. The molecule has 5 heteroatoms. The number of nitrogens with two attached hydrogens (primary N) is 1. The molecule has 114 valence electrons. The van der Waals surface area contributed by atoms with E-state index in [2.05, 4.69) is 0 Å². The fourth-order valence-corrected chi connectivity index (χ4v) is 2.79. The van der Waals surface area contributed by atoms with Crippen LogP contribution in [-0.4, -0.2) is 24.7 Å². The van der Waals surface area contributed by atoms with E-state index in [1.807, 2.05) is 12.1 Å². The maximum atomic E-state index is 12.8. The Kier molecular flexibility index (Phi) is 3.63. The Balaban J connectivity index is 1.97. The Morgan fingerprint density at radius 2 is 2.09 bits per heavy atom. The minimum atomic E-state index is -0.217. The van der Waals surface area contributed by atoms with Crippen molar-refractivity contribution in [2.75, 3.05) is 24.3 Å². The summed E-state index contributed by atoms with van der Waals surface area (Å²) in [4.78, 5) is 14.5. The molecule has 0 spiro atoms. The van der Waals surface area contributed by atoms with Crippen molar-refractivity contribution >= 4 is 17.3 Å². The van der Waals surface area contributed by atoms with Crippen LogP contribution in [0.25, 0.3) is 0 Å². The van der Waals surface area contributed by atoms with Gasteiger partial charge in [0.25, 0.3) is 5.91 Å². The second kappa shape index (κ2) is 5.60. The highest BCUT2D eigenvalue weighted by atomic mass is 16.5. The number of amides is 1. The van der Waals surface area contributed by atoms with Crippen molar-refractivity contribution < 1.29 is 14.6 Å². The molecule has 1 amide bonds. The number of carbonyl (C=O) groups excluding carboxylic acids is 1. The van der Waals surface area contributed by atoms with E-state index < -0.39 is 0 Å². The number of anilines is 2. The second-order valence-electron chi connectivity index (χ2n) is 5.33. The Morgan fingerprint density at radius 1 is 1.27 bits per heavy atom. The number of aryl methyl sites for hydroxylation is 1. The molecule has 0 saturated heterocycles. The molecular formula is C17H18N2O3. The van der Waals surface area contributed by atoms with E-state index in [4.69, 9.17) is 10.5 Å². The maximum absolute atomic E-state index is 12.8. The molecular weight excluding hydrogens is 280 g/mol. The lowest BCUT2D eigenvalue weighted by Crippen LogP contribution is -2.35. The first-order valence-corrected chi connectivity index (χ1v) is 7.17. The fraction of sp³-hybridized carbons (Fsp3) is 0.235. The Bertz CT molecular complexity index is 728. The molecule has 0 aliphatic carbocycles. The third-order valence-electron chi connectivity index (χ3n) is 3.90. The SMILES string of the molecule is COc1ccc(C(=O)N2CCCc3cc(N)ccc32)c(O)c1. The minimum absolute atomic E-state index is 0.0769. The number of methoxy groups -OCH3 is 1. The van der Waals surface area contributed by atoms with Crippen molar-refractivity contribution in [1.29, 1.82) is 0 Å². The van der Waals surface area contributed by atoms with E-state index in [0.29, 0.717) is 18.0 Å². The van der Waals surface area contributed by atoms with Crippen molar-refractivity contribution in [2.24, 2.45) is 0 Å². The maximum Gasteiger partial charge on any atom is 0.262 e. The third kappa shape index (κ3) is 2.45. The summed E-state index contributed by atoms with van der Waals surface area (Å²) in [5.41, 5.74) is 8.70. The van der Waals surface area contributed by atoms with Crippen LogP contribution in [0.5, 0.6) is 11.5 Å². The van der Waals surface area contributed by atoms with E-state index in [1.165, 1.54) is 13.2 Å². The number of phenolic OH excluding ortho intramolecular Hbond substituents is 1. The summed E-state index contributed by atoms with van der Waals surface area (Å²) in [7, 11) is 1.52. The predicted molar refractivity (Wildman–Crippen MR) is 85.5 cm³/mol. The molecule has 1 aliphatic rings. The molecule has 0 bridgehead atoms. The van der Waals surface area contributed by atoms with Gasteiger partial charge in [-0.1, -0.05) is 0 Å². The van der Waals surface area contributed by atoms with Gasteiger partial charge >= 0.3 is 0 Å². The van der Waals surface area contributed by atoms with Gasteiger partial charge in [-0.25, -0.2) is 0 Å². The van der Waals surface area contributed by atoms with E-state index in [1.54, 1.807) is 23.1 Å². The van der Waals surface area contributed by atoms with Crippen LogP contribution >= 0.6 is 0 Å². The van der Waals surface area contributed by atoms with Gasteiger partial charge in [-0.3, -0.25) is 4.79 Å². The second-order valence-corrected chi connectivity index (χ2v) is 5.33.